The molecule has 3 rings (SSSR count). The fourth-order valence-electron chi connectivity index (χ4n) is 2.44. The summed E-state index contributed by atoms with van der Waals surface area (Å²) in [6, 6.07) is 3.34. The molecule has 0 fully saturated rings. The van der Waals surface area contributed by atoms with Gasteiger partial charge in [0, 0.05) is 36.3 Å². The van der Waals surface area contributed by atoms with E-state index in [1.807, 2.05) is 6.07 Å². The molecule has 1 aliphatic rings. The largest absolute Gasteiger partial charge is 0.478 e. The minimum absolute atomic E-state index is 0.245. The maximum absolute atomic E-state index is 11.2. The number of aromatic nitrogens is 1. The second-order valence-electron chi connectivity index (χ2n) is 4.31. The smallest absolute Gasteiger partial charge is 0.337 e. The number of hydrogen-bond donors (Lipinski definition) is 4. The summed E-state index contributed by atoms with van der Waals surface area (Å²) in [6.45, 7) is 1.68. The van der Waals surface area contributed by atoms with Crippen molar-refractivity contribution in [3.63, 3.8) is 0 Å². The highest BCUT2D eigenvalue weighted by Crippen LogP contribution is 2.29. The number of nitrogens with two attached hydrogens (primary N) is 1. The number of benzene rings is 1. The Morgan fingerprint density at radius 2 is 2.24 bits per heavy atom. The molecular weight excluding hydrogens is 218 g/mol. The van der Waals surface area contributed by atoms with E-state index in [0.717, 1.165) is 36.2 Å². The highest BCUT2D eigenvalue weighted by atomic mass is 16.4. The number of aromatic carboxylic acids is 1. The summed E-state index contributed by atoms with van der Waals surface area (Å²) in [5.74, 6) is -0.950. The summed E-state index contributed by atoms with van der Waals surface area (Å²) < 4.78 is 0. The van der Waals surface area contributed by atoms with Crippen molar-refractivity contribution in [3.05, 3.63) is 29.0 Å². The molecule has 0 radical (unpaired) electrons. The van der Waals surface area contributed by atoms with Gasteiger partial charge in [-0.2, -0.15) is 0 Å². The highest BCUT2D eigenvalue weighted by Gasteiger charge is 2.19. The van der Waals surface area contributed by atoms with Crippen LogP contribution >= 0.6 is 0 Å². The van der Waals surface area contributed by atoms with E-state index in [9.17, 15) is 9.90 Å². The van der Waals surface area contributed by atoms with E-state index in [0.29, 0.717) is 11.2 Å². The van der Waals surface area contributed by atoms with Crippen LogP contribution in [0.25, 0.3) is 10.9 Å². The van der Waals surface area contributed by atoms with Crippen LogP contribution in [0.3, 0.4) is 0 Å². The third-order valence-corrected chi connectivity index (χ3v) is 3.21. The van der Waals surface area contributed by atoms with Crippen LogP contribution in [-0.2, 0) is 13.0 Å². The molecule has 88 valence electrons. The molecule has 0 unspecified atom stereocenters. The molecule has 17 heavy (non-hydrogen) atoms. The molecule has 0 saturated heterocycles. The number of H-pyrrole nitrogens is 1. The summed E-state index contributed by atoms with van der Waals surface area (Å²) in [5.41, 5.74) is 9.43. The van der Waals surface area contributed by atoms with E-state index in [4.69, 9.17) is 5.73 Å². The van der Waals surface area contributed by atoms with Gasteiger partial charge in [0.15, 0.2) is 0 Å². The zero-order chi connectivity index (χ0) is 12.0. The van der Waals surface area contributed by atoms with Gasteiger partial charge in [-0.1, -0.05) is 0 Å². The lowest BCUT2D eigenvalue weighted by Gasteiger charge is -2.12. The Morgan fingerprint density at radius 3 is 3.00 bits per heavy atom. The molecule has 1 aliphatic heterocycles. The summed E-state index contributed by atoms with van der Waals surface area (Å²) >= 11 is 0. The lowest BCUT2D eigenvalue weighted by atomic mass is 10.0. The van der Waals surface area contributed by atoms with E-state index in [1.54, 1.807) is 0 Å². The van der Waals surface area contributed by atoms with Crippen LogP contribution in [0.4, 0.5) is 5.69 Å². The predicted octanol–water partition coefficient (Wildman–Crippen LogP) is 1.09. The molecule has 1 aromatic heterocycles. The number of carboxylic acids is 1. The van der Waals surface area contributed by atoms with E-state index < -0.39 is 5.97 Å². The summed E-state index contributed by atoms with van der Waals surface area (Å²) in [4.78, 5) is 14.4. The SMILES string of the molecule is Nc1cc(C(=O)O)c2[nH]c3c(c2c1)CNCC3. The topological polar surface area (TPSA) is 91.1 Å². The second kappa shape index (κ2) is 3.49. The first-order valence-electron chi connectivity index (χ1n) is 5.54. The lowest BCUT2D eigenvalue weighted by molar-refractivity contribution is 0.0699. The van der Waals surface area contributed by atoms with Crippen LogP contribution in [0.1, 0.15) is 21.6 Å². The quantitative estimate of drug-likeness (QED) is 0.553. The van der Waals surface area contributed by atoms with Gasteiger partial charge in [0.05, 0.1) is 11.1 Å². The van der Waals surface area contributed by atoms with Crippen molar-refractivity contribution in [1.82, 2.24) is 10.3 Å². The van der Waals surface area contributed by atoms with Gasteiger partial charge in [0.25, 0.3) is 0 Å². The van der Waals surface area contributed by atoms with Crippen molar-refractivity contribution in [3.8, 4) is 0 Å². The Bertz CT molecular complexity index is 616. The third kappa shape index (κ3) is 1.47. The Labute approximate surface area is 97.6 Å². The molecule has 2 heterocycles. The maximum atomic E-state index is 11.2. The van der Waals surface area contributed by atoms with E-state index >= 15 is 0 Å². The number of fused-ring (bicyclic) bond motifs is 3. The first-order chi connectivity index (χ1) is 8.16. The number of nitrogens with one attached hydrogen (secondary N) is 2. The van der Waals surface area contributed by atoms with Crippen LogP contribution in [0.15, 0.2) is 12.1 Å². The minimum Gasteiger partial charge on any atom is -0.478 e. The Kier molecular flexibility index (Phi) is 2.09. The fraction of sp³-hybridized carbons (Fsp3) is 0.250. The van der Waals surface area contributed by atoms with Gasteiger partial charge in [-0.05, 0) is 17.7 Å². The Morgan fingerprint density at radius 1 is 1.41 bits per heavy atom. The molecule has 0 spiro atoms. The van der Waals surface area contributed by atoms with Crippen LogP contribution < -0.4 is 11.1 Å². The van der Waals surface area contributed by atoms with Crippen LogP contribution in [0, 0.1) is 0 Å². The number of carbonyl (C=O) groups is 1. The highest BCUT2D eigenvalue weighted by molar-refractivity contribution is 6.05. The maximum Gasteiger partial charge on any atom is 0.337 e. The molecular formula is C12H13N3O2. The summed E-state index contributed by atoms with van der Waals surface area (Å²) in [6.07, 6.45) is 0.892. The van der Waals surface area contributed by atoms with Crippen LogP contribution in [0.2, 0.25) is 0 Å². The average Bonchev–Trinajstić information content (AvgIpc) is 2.66. The molecule has 0 atom stereocenters. The van der Waals surface area contributed by atoms with Gasteiger partial charge >= 0.3 is 5.97 Å². The Balaban J connectivity index is 2.36. The van der Waals surface area contributed by atoms with Gasteiger partial charge in [-0.25, -0.2) is 4.79 Å². The number of aromatic amines is 1. The van der Waals surface area contributed by atoms with Crippen molar-refractivity contribution in [1.29, 1.82) is 0 Å². The average molecular weight is 231 g/mol. The van der Waals surface area contributed by atoms with Crippen LogP contribution in [0.5, 0.6) is 0 Å². The Hall–Kier alpha value is -2.01. The molecule has 2 aromatic rings. The molecule has 0 aliphatic carbocycles. The zero-order valence-corrected chi connectivity index (χ0v) is 9.21. The molecule has 1 aromatic carbocycles. The molecule has 0 amide bonds. The van der Waals surface area contributed by atoms with Crippen molar-refractivity contribution in [2.45, 2.75) is 13.0 Å². The number of rotatable bonds is 1. The van der Waals surface area contributed by atoms with Crippen molar-refractivity contribution in [2.24, 2.45) is 0 Å². The zero-order valence-electron chi connectivity index (χ0n) is 9.21. The van der Waals surface area contributed by atoms with Crippen molar-refractivity contribution < 1.29 is 9.90 Å². The van der Waals surface area contributed by atoms with Gasteiger partial charge in [-0.3, -0.25) is 0 Å². The number of nitrogen functional groups attached to an aromatic ring is 1. The normalized spacial score (nSPS) is 14.8. The first kappa shape index (κ1) is 10.2. The predicted molar refractivity (Wildman–Crippen MR) is 65.1 cm³/mol. The first-order valence-corrected chi connectivity index (χ1v) is 5.54. The minimum atomic E-state index is -0.950. The monoisotopic (exact) mass is 231 g/mol. The van der Waals surface area contributed by atoms with Crippen molar-refractivity contribution >= 4 is 22.6 Å². The van der Waals surface area contributed by atoms with Gasteiger partial charge in [-0.15, -0.1) is 0 Å². The lowest BCUT2D eigenvalue weighted by Crippen LogP contribution is -2.22. The number of hydrogen-bond acceptors (Lipinski definition) is 3. The standard InChI is InChI=1S/C12H13N3O2/c13-6-3-7-9-5-14-2-1-10(9)15-11(7)8(4-6)12(16)17/h3-4,14-15H,1-2,5,13H2,(H,16,17). The van der Waals surface area contributed by atoms with E-state index in [2.05, 4.69) is 10.3 Å². The van der Waals surface area contributed by atoms with Crippen molar-refractivity contribution in [2.75, 3.05) is 12.3 Å². The van der Waals surface area contributed by atoms with Gasteiger partial charge in [0.1, 0.15) is 0 Å². The van der Waals surface area contributed by atoms with Gasteiger partial charge in [0.2, 0.25) is 0 Å². The van der Waals surface area contributed by atoms with E-state index in [-0.39, 0.29) is 5.56 Å². The molecule has 0 saturated carbocycles. The number of anilines is 1. The number of carboxylic acid groups (broad SMARTS) is 1. The van der Waals surface area contributed by atoms with E-state index in [1.165, 1.54) is 6.07 Å². The summed E-state index contributed by atoms with van der Waals surface area (Å²) in [5, 5.41) is 13.4. The summed E-state index contributed by atoms with van der Waals surface area (Å²) in [7, 11) is 0. The molecule has 5 nitrogen and oxygen atoms in total. The van der Waals surface area contributed by atoms with Gasteiger partial charge < -0.3 is 21.1 Å². The second-order valence-corrected chi connectivity index (χ2v) is 4.31. The fourth-order valence-corrected chi connectivity index (χ4v) is 2.44. The van der Waals surface area contributed by atoms with Crippen LogP contribution in [-0.4, -0.2) is 22.6 Å². The molecule has 0 bridgehead atoms. The third-order valence-electron chi connectivity index (χ3n) is 3.21. The molecule has 5 N–H and O–H groups in total. The molecule has 5 heteroatoms.